The van der Waals surface area contributed by atoms with Crippen LogP contribution in [0.4, 0.5) is 4.39 Å². The third kappa shape index (κ3) is 3.71. The molecular formula is C24H20FNO6. The molecule has 0 spiro atoms. The lowest BCUT2D eigenvalue weighted by molar-refractivity contribution is -0.140. The Morgan fingerprint density at radius 3 is 2.44 bits per heavy atom. The molecule has 1 fully saturated rings. The van der Waals surface area contributed by atoms with E-state index in [1.807, 2.05) is 0 Å². The molecule has 1 aliphatic rings. The molecule has 0 unspecified atom stereocenters. The number of nitrogens with zero attached hydrogens (tertiary/aromatic N) is 1. The molecule has 7 nitrogen and oxygen atoms in total. The molecule has 3 aromatic rings. The highest BCUT2D eigenvalue weighted by Gasteiger charge is 2.46. The highest BCUT2D eigenvalue weighted by Crippen LogP contribution is 2.41. The quantitative estimate of drug-likeness (QED) is 0.355. The Balaban J connectivity index is 1.85. The fourth-order valence-electron chi connectivity index (χ4n) is 3.72. The number of methoxy groups -OCH3 is 2. The van der Waals surface area contributed by atoms with Gasteiger partial charge in [0.15, 0.2) is 11.6 Å². The van der Waals surface area contributed by atoms with Gasteiger partial charge in [0.1, 0.15) is 17.3 Å². The molecule has 0 aliphatic carbocycles. The van der Waals surface area contributed by atoms with E-state index >= 15 is 0 Å². The zero-order valence-corrected chi connectivity index (χ0v) is 17.4. The number of carbonyl (C=O) groups is 2. The molecular weight excluding hydrogens is 417 g/mol. The van der Waals surface area contributed by atoms with Crippen molar-refractivity contribution in [2.24, 2.45) is 0 Å². The molecule has 4 rings (SSSR count). The Labute approximate surface area is 183 Å². The van der Waals surface area contributed by atoms with Crippen LogP contribution < -0.4 is 9.47 Å². The molecule has 0 radical (unpaired) electrons. The minimum atomic E-state index is -0.906. The van der Waals surface area contributed by atoms with Crippen LogP contribution in [0, 0.1) is 5.82 Å². The van der Waals surface area contributed by atoms with Crippen molar-refractivity contribution in [1.82, 2.24) is 4.90 Å². The first-order valence-electron chi connectivity index (χ1n) is 9.73. The summed E-state index contributed by atoms with van der Waals surface area (Å²) < 4.78 is 29.7. The molecule has 1 aromatic heterocycles. The first-order chi connectivity index (χ1) is 15.4. The van der Waals surface area contributed by atoms with Crippen LogP contribution in [0.1, 0.15) is 22.9 Å². The average Bonchev–Trinajstić information content (AvgIpc) is 3.41. The third-order valence-corrected chi connectivity index (χ3v) is 5.30. The minimum Gasteiger partial charge on any atom is -0.507 e. The third-order valence-electron chi connectivity index (χ3n) is 5.30. The zero-order valence-electron chi connectivity index (χ0n) is 17.4. The van der Waals surface area contributed by atoms with Crippen molar-refractivity contribution in [2.75, 3.05) is 14.2 Å². The predicted molar refractivity (Wildman–Crippen MR) is 113 cm³/mol. The lowest BCUT2D eigenvalue weighted by Crippen LogP contribution is -2.29. The Kier molecular flexibility index (Phi) is 5.68. The Morgan fingerprint density at radius 1 is 1.09 bits per heavy atom. The number of halogens is 1. The number of benzene rings is 2. The standard InChI is InChI=1S/C24H20FNO6/c1-30-16-8-5-14(6-9-16)21-20(22(27)15-7-10-19(31-2)18(25)12-15)23(28)24(29)26(21)13-17-4-3-11-32-17/h3-12,21,27H,13H2,1-2H3/t21-/m1/s1. The molecule has 8 heteroatoms. The van der Waals surface area contributed by atoms with Crippen LogP contribution in [0.15, 0.2) is 70.9 Å². The number of Topliss-reactive ketones (excluding diaryl/α,β-unsaturated/α-hetero) is 1. The number of aliphatic hydroxyl groups excluding tert-OH is 1. The summed E-state index contributed by atoms with van der Waals surface area (Å²) in [6, 6.07) is 13.0. The van der Waals surface area contributed by atoms with Gasteiger partial charge < -0.3 is 23.9 Å². The van der Waals surface area contributed by atoms with Gasteiger partial charge >= 0.3 is 0 Å². The van der Waals surface area contributed by atoms with Gasteiger partial charge in [-0.05, 0) is 48.0 Å². The average molecular weight is 437 g/mol. The summed E-state index contributed by atoms with van der Waals surface area (Å²) in [4.78, 5) is 27.2. The van der Waals surface area contributed by atoms with Crippen molar-refractivity contribution in [1.29, 1.82) is 0 Å². The van der Waals surface area contributed by atoms with Gasteiger partial charge in [-0.2, -0.15) is 0 Å². The molecule has 32 heavy (non-hydrogen) atoms. The molecule has 2 heterocycles. The fraction of sp³-hybridized carbons (Fsp3) is 0.167. The number of rotatable bonds is 6. The Hall–Kier alpha value is -4.07. The van der Waals surface area contributed by atoms with E-state index < -0.39 is 29.3 Å². The van der Waals surface area contributed by atoms with Gasteiger partial charge in [0, 0.05) is 5.56 Å². The maximum atomic E-state index is 14.3. The van der Waals surface area contributed by atoms with E-state index in [0.717, 1.165) is 6.07 Å². The highest BCUT2D eigenvalue weighted by molar-refractivity contribution is 6.46. The van der Waals surface area contributed by atoms with E-state index in [4.69, 9.17) is 13.9 Å². The maximum absolute atomic E-state index is 14.3. The van der Waals surface area contributed by atoms with Crippen molar-refractivity contribution in [2.45, 2.75) is 12.6 Å². The van der Waals surface area contributed by atoms with Crippen LogP contribution in [0.2, 0.25) is 0 Å². The van der Waals surface area contributed by atoms with Gasteiger partial charge in [-0.1, -0.05) is 12.1 Å². The number of carbonyl (C=O) groups excluding carboxylic acids is 2. The number of likely N-dealkylation sites (tertiary alicyclic amines) is 1. The van der Waals surface area contributed by atoms with E-state index in [1.165, 1.54) is 37.5 Å². The second-order valence-corrected chi connectivity index (χ2v) is 7.13. The number of amides is 1. The summed E-state index contributed by atoms with van der Waals surface area (Å²) in [7, 11) is 2.85. The second-order valence-electron chi connectivity index (χ2n) is 7.13. The van der Waals surface area contributed by atoms with Crippen LogP contribution in [0.25, 0.3) is 5.76 Å². The molecule has 164 valence electrons. The van der Waals surface area contributed by atoms with Crippen LogP contribution >= 0.6 is 0 Å². The number of hydrogen-bond acceptors (Lipinski definition) is 6. The summed E-state index contributed by atoms with van der Waals surface area (Å²) in [5, 5.41) is 11.0. The lowest BCUT2D eigenvalue weighted by atomic mass is 9.95. The lowest BCUT2D eigenvalue weighted by Gasteiger charge is -2.24. The number of aliphatic hydroxyl groups is 1. The molecule has 1 saturated heterocycles. The Morgan fingerprint density at radius 2 is 1.84 bits per heavy atom. The smallest absolute Gasteiger partial charge is 0.296 e. The van der Waals surface area contributed by atoms with Gasteiger partial charge in [-0.3, -0.25) is 9.59 Å². The van der Waals surface area contributed by atoms with E-state index in [1.54, 1.807) is 36.4 Å². The molecule has 1 atom stereocenters. The number of hydrogen-bond donors (Lipinski definition) is 1. The highest BCUT2D eigenvalue weighted by atomic mass is 19.1. The van der Waals surface area contributed by atoms with Gasteiger partial charge in [-0.25, -0.2) is 4.39 Å². The first-order valence-corrected chi connectivity index (χ1v) is 9.73. The zero-order chi connectivity index (χ0) is 22.8. The summed E-state index contributed by atoms with van der Waals surface area (Å²) in [6.45, 7) is 0.0159. The number of ketones is 1. The van der Waals surface area contributed by atoms with Crippen LogP contribution in [-0.4, -0.2) is 35.9 Å². The molecule has 1 aliphatic heterocycles. The van der Waals surface area contributed by atoms with E-state index in [0.29, 0.717) is 17.1 Å². The van der Waals surface area contributed by atoms with Crippen molar-refractivity contribution in [3.63, 3.8) is 0 Å². The first kappa shape index (κ1) is 21.2. The van der Waals surface area contributed by atoms with Crippen LogP contribution in [0.3, 0.4) is 0 Å². The SMILES string of the molecule is COc1ccc([C@@H]2C(=C(O)c3ccc(OC)c(F)c3)C(=O)C(=O)N2Cc2ccco2)cc1. The maximum Gasteiger partial charge on any atom is 0.296 e. The molecule has 0 saturated carbocycles. The monoisotopic (exact) mass is 437 g/mol. The molecule has 1 amide bonds. The van der Waals surface area contributed by atoms with Gasteiger partial charge in [0.2, 0.25) is 0 Å². The summed E-state index contributed by atoms with van der Waals surface area (Å²) in [6.07, 6.45) is 1.47. The summed E-state index contributed by atoms with van der Waals surface area (Å²) >= 11 is 0. The van der Waals surface area contributed by atoms with E-state index in [9.17, 15) is 19.1 Å². The van der Waals surface area contributed by atoms with Crippen molar-refractivity contribution in [3.05, 3.63) is 89.1 Å². The predicted octanol–water partition coefficient (Wildman–Crippen LogP) is 4.06. The van der Waals surface area contributed by atoms with Crippen LogP contribution in [-0.2, 0) is 16.1 Å². The van der Waals surface area contributed by atoms with E-state index in [2.05, 4.69) is 0 Å². The second kappa shape index (κ2) is 8.58. The number of furan rings is 1. The molecule has 2 aromatic carbocycles. The Bertz CT molecular complexity index is 1180. The van der Waals surface area contributed by atoms with E-state index in [-0.39, 0.29) is 23.4 Å². The van der Waals surface area contributed by atoms with Gasteiger partial charge in [0.05, 0.1) is 38.6 Å². The topological polar surface area (TPSA) is 89.2 Å². The van der Waals surface area contributed by atoms with Crippen molar-refractivity contribution < 1.29 is 33.0 Å². The largest absolute Gasteiger partial charge is 0.507 e. The minimum absolute atomic E-state index is 0.00785. The van der Waals surface area contributed by atoms with Crippen LogP contribution in [0.5, 0.6) is 11.5 Å². The van der Waals surface area contributed by atoms with Gasteiger partial charge in [-0.15, -0.1) is 0 Å². The van der Waals surface area contributed by atoms with Crippen molar-refractivity contribution >= 4 is 17.4 Å². The molecule has 1 N–H and O–H groups in total. The fourth-order valence-corrected chi connectivity index (χ4v) is 3.72. The van der Waals surface area contributed by atoms with Crippen molar-refractivity contribution in [3.8, 4) is 11.5 Å². The van der Waals surface area contributed by atoms with Gasteiger partial charge in [0.25, 0.3) is 11.7 Å². The number of ether oxygens (including phenoxy) is 2. The summed E-state index contributed by atoms with van der Waals surface area (Å²) in [5.41, 5.74) is 0.487. The normalized spacial score (nSPS) is 17.6. The molecule has 0 bridgehead atoms. The summed E-state index contributed by atoms with van der Waals surface area (Å²) in [5.74, 6) is -1.79.